The van der Waals surface area contributed by atoms with Crippen LogP contribution < -0.4 is 10.7 Å². The van der Waals surface area contributed by atoms with Crippen molar-refractivity contribution in [3.8, 4) is 5.88 Å². The first-order valence-electron chi connectivity index (χ1n) is 11.6. The molecule has 0 bridgehead atoms. The van der Waals surface area contributed by atoms with Gasteiger partial charge >= 0.3 is 0 Å². The summed E-state index contributed by atoms with van der Waals surface area (Å²) in [5.41, 5.74) is 8.32. The summed E-state index contributed by atoms with van der Waals surface area (Å²) < 4.78 is 0. The van der Waals surface area contributed by atoms with Crippen molar-refractivity contribution in [1.29, 1.82) is 0 Å². The smallest absolute Gasteiger partial charge is 0.273 e. The quantitative estimate of drug-likeness (QED) is 0.602. The molecule has 2 aromatic rings. The molecule has 0 unspecified atom stereocenters. The van der Waals surface area contributed by atoms with E-state index in [2.05, 4.69) is 55.7 Å². The molecule has 0 saturated heterocycles. The molecule has 0 saturated carbocycles. The van der Waals surface area contributed by atoms with E-state index in [0.29, 0.717) is 6.42 Å². The van der Waals surface area contributed by atoms with E-state index in [4.69, 9.17) is 0 Å². The van der Waals surface area contributed by atoms with Gasteiger partial charge in [0.05, 0.1) is 5.71 Å². The van der Waals surface area contributed by atoms with Gasteiger partial charge in [-0.3, -0.25) is 4.79 Å². The molecule has 3 rings (SSSR count). The lowest BCUT2D eigenvalue weighted by Crippen LogP contribution is -2.15. The fourth-order valence-electron chi connectivity index (χ4n) is 4.85. The highest BCUT2D eigenvalue weighted by atomic mass is 16.3. The van der Waals surface area contributed by atoms with Crippen molar-refractivity contribution in [1.82, 2.24) is 9.97 Å². The SMILES string of the molecule is CCC1=C(CC)C(/C=c2/[nH]/c(=C\c3[nH]c(O)c(CC)c3CC)c(CC)c2CC)=NC1=O. The Labute approximate surface area is 184 Å². The van der Waals surface area contributed by atoms with Gasteiger partial charge in [-0.1, -0.05) is 41.5 Å². The minimum absolute atomic E-state index is 0.0979. The molecule has 3 N–H and O–H groups in total. The number of hydrogen-bond donors (Lipinski definition) is 3. The Hall–Kier alpha value is -2.82. The summed E-state index contributed by atoms with van der Waals surface area (Å²) >= 11 is 0. The van der Waals surface area contributed by atoms with Gasteiger partial charge < -0.3 is 15.1 Å². The number of aliphatic imine (C=N–C) groups is 1. The predicted molar refractivity (Wildman–Crippen MR) is 128 cm³/mol. The predicted octanol–water partition coefficient (Wildman–Crippen LogP) is 4.01. The Morgan fingerprint density at radius 1 is 0.710 bits per heavy atom. The average molecular weight is 422 g/mol. The van der Waals surface area contributed by atoms with Gasteiger partial charge in [0, 0.05) is 27.5 Å². The molecule has 1 aliphatic rings. The molecule has 3 heterocycles. The summed E-state index contributed by atoms with van der Waals surface area (Å²) in [4.78, 5) is 23.4. The molecule has 0 fully saturated rings. The van der Waals surface area contributed by atoms with Crippen molar-refractivity contribution in [3.63, 3.8) is 0 Å². The van der Waals surface area contributed by atoms with Gasteiger partial charge in [-0.15, -0.1) is 0 Å². The lowest BCUT2D eigenvalue weighted by molar-refractivity contribution is -0.114. The average Bonchev–Trinajstić information content (AvgIpc) is 3.36. The maximum Gasteiger partial charge on any atom is 0.273 e. The molecular weight excluding hydrogens is 386 g/mol. The molecule has 0 spiro atoms. The third kappa shape index (κ3) is 4.06. The Morgan fingerprint density at radius 2 is 1.26 bits per heavy atom. The number of carbonyl (C=O) groups excluding carboxylic acids is 1. The summed E-state index contributed by atoms with van der Waals surface area (Å²) in [7, 11) is 0. The molecule has 2 aromatic heterocycles. The topological polar surface area (TPSA) is 81.2 Å². The second kappa shape index (κ2) is 9.54. The van der Waals surface area contributed by atoms with Gasteiger partial charge in [0.2, 0.25) is 0 Å². The number of amides is 1. The zero-order valence-corrected chi connectivity index (χ0v) is 19.7. The standard InChI is InChI=1S/C26H35N3O2/c1-7-15-16(8-2)22(14-24-18(10-4)20(12-6)26(31)29-24)27-21(15)13-23-17(9-3)19(11-5)25(30)28-23/h13-14,27-28,30H,7-12H2,1-6H3/b21-13-,22-14+. The fourth-order valence-corrected chi connectivity index (χ4v) is 4.85. The van der Waals surface area contributed by atoms with Gasteiger partial charge in [-0.2, -0.15) is 0 Å². The van der Waals surface area contributed by atoms with E-state index < -0.39 is 0 Å². The maximum atomic E-state index is 12.3. The number of aromatic amines is 2. The third-order valence-electron chi connectivity index (χ3n) is 6.36. The number of aromatic nitrogens is 2. The molecule has 5 nitrogen and oxygen atoms in total. The van der Waals surface area contributed by atoms with Crippen LogP contribution in [0.5, 0.6) is 5.88 Å². The highest BCUT2D eigenvalue weighted by Crippen LogP contribution is 2.26. The normalized spacial score (nSPS) is 15.5. The van der Waals surface area contributed by atoms with Crippen molar-refractivity contribution < 1.29 is 9.90 Å². The number of H-pyrrole nitrogens is 2. The number of aromatic hydroxyl groups is 1. The minimum Gasteiger partial charge on any atom is -0.494 e. The van der Waals surface area contributed by atoms with Crippen molar-refractivity contribution in [2.45, 2.75) is 80.1 Å². The van der Waals surface area contributed by atoms with E-state index >= 15 is 0 Å². The van der Waals surface area contributed by atoms with Gasteiger partial charge in [-0.25, -0.2) is 4.99 Å². The zero-order valence-electron chi connectivity index (χ0n) is 19.7. The molecule has 0 aliphatic carbocycles. The summed E-state index contributed by atoms with van der Waals surface area (Å²) in [6.45, 7) is 12.6. The first-order chi connectivity index (χ1) is 14.9. The van der Waals surface area contributed by atoms with Crippen LogP contribution in [0.4, 0.5) is 0 Å². The van der Waals surface area contributed by atoms with Gasteiger partial charge in [0.25, 0.3) is 5.91 Å². The minimum atomic E-state index is -0.0979. The Morgan fingerprint density at radius 3 is 1.77 bits per heavy atom. The van der Waals surface area contributed by atoms with Gasteiger partial charge in [-0.05, 0) is 72.9 Å². The highest BCUT2D eigenvalue weighted by molar-refractivity contribution is 6.31. The number of hydrogen-bond acceptors (Lipinski definition) is 2. The van der Waals surface area contributed by atoms with Crippen molar-refractivity contribution in [2.75, 3.05) is 0 Å². The van der Waals surface area contributed by atoms with Crippen LogP contribution in [0.1, 0.15) is 82.3 Å². The molecular formula is C26H35N3O2. The largest absolute Gasteiger partial charge is 0.494 e. The number of rotatable bonds is 8. The van der Waals surface area contributed by atoms with Crippen LogP contribution in [0, 0.1) is 0 Å². The molecule has 166 valence electrons. The lowest BCUT2D eigenvalue weighted by Gasteiger charge is -2.02. The van der Waals surface area contributed by atoms with Crippen molar-refractivity contribution in [2.24, 2.45) is 4.99 Å². The second-order valence-corrected chi connectivity index (χ2v) is 7.92. The summed E-state index contributed by atoms with van der Waals surface area (Å²) in [6.07, 6.45) is 9.11. The monoisotopic (exact) mass is 421 g/mol. The molecule has 5 heteroatoms. The molecule has 1 amide bonds. The van der Waals surface area contributed by atoms with E-state index in [1.807, 2.05) is 13.0 Å². The fraction of sp³-hybridized carbons (Fsp3) is 0.462. The summed E-state index contributed by atoms with van der Waals surface area (Å²) in [5, 5.41) is 12.4. The lowest BCUT2D eigenvalue weighted by atomic mass is 10.00. The molecule has 0 aromatic carbocycles. The number of allylic oxidation sites excluding steroid dienone is 1. The van der Waals surface area contributed by atoms with Gasteiger partial charge in [0.15, 0.2) is 5.88 Å². The van der Waals surface area contributed by atoms with Crippen LogP contribution in [0.25, 0.3) is 12.2 Å². The zero-order chi connectivity index (χ0) is 22.7. The van der Waals surface area contributed by atoms with Gasteiger partial charge in [0.1, 0.15) is 0 Å². The second-order valence-electron chi connectivity index (χ2n) is 7.92. The van der Waals surface area contributed by atoms with Crippen LogP contribution in [-0.2, 0) is 30.5 Å². The van der Waals surface area contributed by atoms with E-state index in [0.717, 1.165) is 76.5 Å². The molecule has 1 aliphatic heterocycles. The first-order valence-corrected chi connectivity index (χ1v) is 11.6. The number of nitrogens with one attached hydrogen (secondary N) is 2. The van der Waals surface area contributed by atoms with Crippen LogP contribution in [0.2, 0.25) is 0 Å². The Kier molecular flexibility index (Phi) is 7.04. The Balaban J connectivity index is 2.23. The van der Waals surface area contributed by atoms with Crippen molar-refractivity contribution in [3.05, 3.63) is 49.8 Å². The number of nitrogens with zero attached hydrogens (tertiary/aromatic N) is 1. The van der Waals surface area contributed by atoms with Crippen LogP contribution in [0.15, 0.2) is 16.1 Å². The highest BCUT2D eigenvalue weighted by Gasteiger charge is 2.23. The molecule has 0 radical (unpaired) electrons. The third-order valence-corrected chi connectivity index (χ3v) is 6.36. The molecule has 0 atom stereocenters. The first kappa shape index (κ1) is 22.9. The Bertz CT molecular complexity index is 1170. The summed E-state index contributed by atoms with van der Waals surface area (Å²) in [6, 6.07) is 0. The maximum absolute atomic E-state index is 12.3. The van der Waals surface area contributed by atoms with E-state index in [1.54, 1.807) is 0 Å². The summed E-state index contributed by atoms with van der Waals surface area (Å²) in [5.74, 6) is 0.167. The van der Waals surface area contributed by atoms with E-state index in [1.165, 1.54) is 11.1 Å². The van der Waals surface area contributed by atoms with Crippen molar-refractivity contribution >= 4 is 23.8 Å². The molecule has 31 heavy (non-hydrogen) atoms. The van der Waals surface area contributed by atoms with Crippen LogP contribution in [-0.4, -0.2) is 26.7 Å². The number of carbonyl (C=O) groups is 1. The van der Waals surface area contributed by atoms with E-state index in [9.17, 15) is 9.90 Å². The van der Waals surface area contributed by atoms with Crippen LogP contribution >= 0.6 is 0 Å². The van der Waals surface area contributed by atoms with E-state index in [-0.39, 0.29) is 11.8 Å². The van der Waals surface area contributed by atoms with Crippen LogP contribution in [0.3, 0.4) is 0 Å².